The predicted molar refractivity (Wildman–Crippen MR) is 104 cm³/mol. The molecule has 0 spiro atoms. The monoisotopic (exact) mass is 353 g/mol. The smallest absolute Gasteiger partial charge is 0.270 e. The van der Waals surface area contributed by atoms with E-state index in [9.17, 15) is 4.79 Å². The van der Waals surface area contributed by atoms with Crippen LogP contribution in [-0.4, -0.2) is 22.2 Å². The Morgan fingerprint density at radius 1 is 1.24 bits per heavy atom. The van der Waals surface area contributed by atoms with Crippen LogP contribution in [0.25, 0.3) is 16.3 Å². The van der Waals surface area contributed by atoms with Crippen molar-refractivity contribution < 1.29 is 4.79 Å². The Kier molecular flexibility index (Phi) is 5.34. The minimum absolute atomic E-state index is 0.0799. The number of thiophene rings is 1. The summed E-state index contributed by atoms with van der Waals surface area (Å²) in [5.74, 6) is -0.0799. The quantitative estimate of drug-likeness (QED) is 0.650. The van der Waals surface area contributed by atoms with Crippen LogP contribution in [0.4, 0.5) is 0 Å². The Labute approximate surface area is 152 Å². The van der Waals surface area contributed by atoms with Crippen LogP contribution < -0.4 is 5.32 Å². The normalized spacial score (nSPS) is 10.8. The van der Waals surface area contributed by atoms with Crippen LogP contribution in [0, 0.1) is 13.8 Å². The van der Waals surface area contributed by atoms with Crippen LogP contribution in [0.1, 0.15) is 41.4 Å². The Hall–Kier alpha value is -2.40. The molecule has 0 saturated carbocycles. The van der Waals surface area contributed by atoms with Crippen molar-refractivity contribution in [2.75, 3.05) is 6.54 Å². The molecule has 0 fully saturated rings. The van der Waals surface area contributed by atoms with Gasteiger partial charge in [-0.15, -0.1) is 11.3 Å². The van der Waals surface area contributed by atoms with E-state index in [0.717, 1.165) is 34.7 Å². The third-order valence-electron chi connectivity index (χ3n) is 4.11. The predicted octanol–water partition coefficient (Wildman–Crippen LogP) is 4.75. The van der Waals surface area contributed by atoms with Gasteiger partial charge in [-0.1, -0.05) is 37.1 Å². The molecule has 0 unspecified atom stereocenters. The van der Waals surface area contributed by atoms with Gasteiger partial charge in [0.1, 0.15) is 11.4 Å². The number of aryl methyl sites for hydroxylation is 2. The number of unbranched alkanes of at least 4 members (excludes halogenated alkanes) is 1. The van der Waals surface area contributed by atoms with Crippen LogP contribution >= 0.6 is 11.3 Å². The maximum absolute atomic E-state index is 12.7. The summed E-state index contributed by atoms with van der Waals surface area (Å²) in [6.45, 7) is 6.91. The highest BCUT2D eigenvalue weighted by Crippen LogP contribution is 2.27. The van der Waals surface area contributed by atoms with Gasteiger partial charge in [-0.05, 0) is 49.4 Å². The summed E-state index contributed by atoms with van der Waals surface area (Å²) in [7, 11) is 0. The van der Waals surface area contributed by atoms with Crippen molar-refractivity contribution in [2.45, 2.75) is 33.6 Å². The van der Waals surface area contributed by atoms with Crippen molar-refractivity contribution in [1.29, 1.82) is 0 Å². The maximum Gasteiger partial charge on any atom is 0.270 e. The molecular formula is C20H23N3OS. The number of aromatic nitrogens is 2. The minimum Gasteiger partial charge on any atom is -0.351 e. The average molecular weight is 353 g/mol. The van der Waals surface area contributed by atoms with Gasteiger partial charge < -0.3 is 5.32 Å². The highest BCUT2D eigenvalue weighted by atomic mass is 32.1. The van der Waals surface area contributed by atoms with E-state index in [4.69, 9.17) is 5.10 Å². The summed E-state index contributed by atoms with van der Waals surface area (Å²) in [6.07, 6.45) is 2.03. The topological polar surface area (TPSA) is 46.9 Å². The molecule has 1 aromatic carbocycles. The fraction of sp³-hybridized carbons (Fsp3) is 0.300. The van der Waals surface area contributed by atoms with Crippen LogP contribution in [0.15, 0.2) is 41.8 Å². The third-order valence-corrected chi connectivity index (χ3v) is 5.00. The van der Waals surface area contributed by atoms with Gasteiger partial charge in [-0.25, -0.2) is 4.68 Å². The van der Waals surface area contributed by atoms with Crippen molar-refractivity contribution in [3.8, 4) is 16.3 Å². The standard InChI is InChI=1S/C20H23N3OS/c1-4-5-10-21-20(24)18-13-16(19-7-6-11-25-19)22-23(18)17-9-8-14(2)12-15(17)3/h6-9,11-13H,4-5,10H2,1-3H3,(H,21,24). The molecule has 0 aliphatic carbocycles. The lowest BCUT2D eigenvalue weighted by atomic mass is 10.1. The third kappa shape index (κ3) is 3.82. The number of nitrogens with zero attached hydrogens (tertiary/aromatic N) is 2. The minimum atomic E-state index is -0.0799. The first-order valence-electron chi connectivity index (χ1n) is 8.60. The molecule has 25 heavy (non-hydrogen) atoms. The second kappa shape index (κ2) is 7.66. The van der Waals surface area contributed by atoms with Crippen molar-refractivity contribution in [3.05, 3.63) is 58.6 Å². The molecular weight excluding hydrogens is 330 g/mol. The molecule has 0 saturated heterocycles. The molecule has 0 radical (unpaired) electrons. The van der Waals surface area contributed by atoms with Crippen LogP contribution in [0.2, 0.25) is 0 Å². The number of benzene rings is 1. The largest absolute Gasteiger partial charge is 0.351 e. The Morgan fingerprint density at radius 3 is 2.76 bits per heavy atom. The van der Waals surface area contributed by atoms with Gasteiger partial charge in [0, 0.05) is 6.54 Å². The zero-order valence-corrected chi connectivity index (χ0v) is 15.7. The molecule has 4 nitrogen and oxygen atoms in total. The summed E-state index contributed by atoms with van der Waals surface area (Å²) >= 11 is 1.63. The van der Waals surface area contributed by atoms with Gasteiger partial charge in [-0.3, -0.25) is 4.79 Å². The summed E-state index contributed by atoms with van der Waals surface area (Å²) < 4.78 is 1.77. The fourth-order valence-corrected chi connectivity index (χ4v) is 3.46. The second-order valence-corrected chi connectivity index (χ2v) is 7.15. The Bertz CT molecular complexity index is 865. The van der Waals surface area contributed by atoms with Gasteiger partial charge in [0.2, 0.25) is 0 Å². The van der Waals surface area contributed by atoms with Crippen molar-refractivity contribution in [2.24, 2.45) is 0 Å². The summed E-state index contributed by atoms with van der Waals surface area (Å²) in [5.41, 5.74) is 4.64. The number of amides is 1. The van der Waals surface area contributed by atoms with Crippen molar-refractivity contribution >= 4 is 17.2 Å². The van der Waals surface area contributed by atoms with E-state index >= 15 is 0 Å². The van der Waals surface area contributed by atoms with E-state index in [2.05, 4.69) is 25.2 Å². The molecule has 0 aliphatic rings. The Balaban J connectivity index is 2.04. The van der Waals surface area contributed by atoms with E-state index in [1.54, 1.807) is 16.0 Å². The fourth-order valence-electron chi connectivity index (χ4n) is 2.78. The van der Waals surface area contributed by atoms with Crippen molar-refractivity contribution in [3.63, 3.8) is 0 Å². The lowest BCUT2D eigenvalue weighted by Gasteiger charge is -2.11. The lowest BCUT2D eigenvalue weighted by molar-refractivity contribution is 0.0945. The first-order chi connectivity index (χ1) is 12.1. The molecule has 1 amide bonds. The summed E-state index contributed by atoms with van der Waals surface area (Å²) in [5, 5.41) is 9.75. The average Bonchev–Trinajstić information content (AvgIpc) is 3.24. The second-order valence-electron chi connectivity index (χ2n) is 6.20. The first kappa shape index (κ1) is 17.4. The molecule has 130 valence electrons. The molecule has 5 heteroatoms. The number of hydrogen-bond acceptors (Lipinski definition) is 3. The van der Waals surface area contributed by atoms with E-state index in [1.165, 1.54) is 5.56 Å². The zero-order chi connectivity index (χ0) is 17.8. The van der Waals surface area contributed by atoms with Crippen LogP contribution in [-0.2, 0) is 0 Å². The highest BCUT2D eigenvalue weighted by molar-refractivity contribution is 7.13. The molecule has 1 N–H and O–H groups in total. The summed E-state index contributed by atoms with van der Waals surface area (Å²) in [4.78, 5) is 13.8. The zero-order valence-electron chi connectivity index (χ0n) is 14.9. The lowest BCUT2D eigenvalue weighted by Crippen LogP contribution is -2.26. The molecule has 0 atom stereocenters. The first-order valence-corrected chi connectivity index (χ1v) is 9.48. The van der Waals surface area contributed by atoms with E-state index in [1.807, 2.05) is 42.6 Å². The number of carbonyl (C=O) groups is 1. The van der Waals surface area contributed by atoms with Gasteiger partial charge in [0.25, 0.3) is 5.91 Å². The molecule has 0 aliphatic heterocycles. The van der Waals surface area contributed by atoms with E-state index < -0.39 is 0 Å². The van der Waals surface area contributed by atoms with Crippen LogP contribution in [0.3, 0.4) is 0 Å². The molecule has 3 aromatic rings. The van der Waals surface area contributed by atoms with Gasteiger partial charge in [-0.2, -0.15) is 5.10 Å². The number of hydrogen-bond donors (Lipinski definition) is 1. The molecule has 2 aromatic heterocycles. The Morgan fingerprint density at radius 2 is 2.08 bits per heavy atom. The van der Waals surface area contributed by atoms with Gasteiger partial charge in [0.05, 0.1) is 10.6 Å². The van der Waals surface area contributed by atoms with Gasteiger partial charge >= 0.3 is 0 Å². The summed E-state index contributed by atoms with van der Waals surface area (Å²) in [6, 6.07) is 12.1. The molecule has 2 heterocycles. The van der Waals surface area contributed by atoms with Crippen molar-refractivity contribution in [1.82, 2.24) is 15.1 Å². The highest BCUT2D eigenvalue weighted by Gasteiger charge is 2.18. The number of nitrogens with one attached hydrogen (secondary N) is 1. The number of rotatable bonds is 6. The maximum atomic E-state index is 12.7. The molecule has 3 rings (SSSR count). The van der Waals surface area contributed by atoms with Gasteiger partial charge in [0.15, 0.2) is 0 Å². The number of carbonyl (C=O) groups excluding carboxylic acids is 1. The molecule has 0 bridgehead atoms. The SMILES string of the molecule is CCCCNC(=O)c1cc(-c2cccs2)nn1-c1ccc(C)cc1C. The van der Waals surface area contributed by atoms with E-state index in [0.29, 0.717) is 12.2 Å². The van der Waals surface area contributed by atoms with E-state index in [-0.39, 0.29) is 5.91 Å². The van der Waals surface area contributed by atoms with Crippen LogP contribution in [0.5, 0.6) is 0 Å².